The number of nitrogens with two attached hydrogens (primary N) is 1. The van der Waals surface area contributed by atoms with Crippen molar-refractivity contribution < 1.29 is 0 Å². The van der Waals surface area contributed by atoms with E-state index in [4.69, 9.17) is 5.73 Å². The van der Waals surface area contributed by atoms with Crippen molar-refractivity contribution in [3.63, 3.8) is 0 Å². The van der Waals surface area contributed by atoms with Gasteiger partial charge in [-0.2, -0.15) is 0 Å². The minimum Gasteiger partial charge on any atom is -0.329 e. The molecule has 9 heavy (non-hydrogen) atoms. The highest BCUT2D eigenvalue weighted by Crippen LogP contribution is 1.81. The first-order chi connectivity index (χ1) is 3.85. The number of nitrogens with zero attached hydrogens (tertiary/aromatic N) is 1. The maximum Gasteiger partial charge on any atom is 0.0104 e. The number of rotatable bonds is 4. The molecule has 0 unspecified atom stereocenters. The molecule has 0 aromatic rings. The van der Waals surface area contributed by atoms with Crippen LogP contribution in [-0.4, -0.2) is 31.1 Å². The van der Waals surface area contributed by atoms with Gasteiger partial charge in [0.15, 0.2) is 0 Å². The topological polar surface area (TPSA) is 29.3 Å². The quantitative estimate of drug-likeness (QED) is 0.724. The molecule has 0 radical (unpaired) electrons. The fourth-order valence-corrected chi connectivity index (χ4v) is 0.722. The van der Waals surface area contributed by atoms with E-state index in [0.29, 0.717) is 0 Å². The summed E-state index contributed by atoms with van der Waals surface area (Å²) in [6, 6.07) is 0. The molecule has 0 rings (SSSR count). The summed E-state index contributed by atoms with van der Waals surface area (Å²) in [5.41, 5.74) is 5.34. The lowest BCUT2D eigenvalue weighted by atomic mass is 10.5. The third-order valence-corrected chi connectivity index (χ3v) is 1.34. The van der Waals surface area contributed by atoms with Crippen molar-refractivity contribution in [2.45, 2.75) is 13.8 Å². The highest BCUT2D eigenvalue weighted by atomic mass is 79.9. The fourth-order valence-electron chi connectivity index (χ4n) is 0.722. The van der Waals surface area contributed by atoms with Crippen LogP contribution in [0.25, 0.3) is 0 Å². The average molecular weight is 197 g/mol. The summed E-state index contributed by atoms with van der Waals surface area (Å²) in [5, 5.41) is 0. The van der Waals surface area contributed by atoms with Crippen LogP contribution in [0.2, 0.25) is 0 Å². The molecule has 0 aromatic heterocycles. The van der Waals surface area contributed by atoms with Gasteiger partial charge in [-0.3, -0.25) is 0 Å². The maximum absolute atomic E-state index is 5.34. The van der Waals surface area contributed by atoms with E-state index in [0.717, 1.165) is 26.2 Å². The molecule has 3 heteroatoms. The summed E-state index contributed by atoms with van der Waals surface area (Å²) in [6.45, 7) is 8.36. The molecule has 0 fully saturated rings. The van der Waals surface area contributed by atoms with Crippen LogP contribution in [0, 0.1) is 0 Å². The SMILES string of the molecule is Br.CCN(CC)CCN. The van der Waals surface area contributed by atoms with Gasteiger partial charge < -0.3 is 10.6 Å². The second kappa shape index (κ2) is 8.40. The number of hydrogen-bond acceptors (Lipinski definition) is 2. The van der Waals surface area contributed by atoms with Crippen LogP contribution < -0.4 is 5.73 Å². The Morgan fingerprint density at radius 1 is 1.22 bits per heavy atom. The van der Waals surface area contributed by atoms with E-state index in [1.807, 2.05) is 0 Å². The van der Waals surface area contributed by atoms with Gasteiger partial charge in [-0.15, -0.1) is 17.0 Å². The summed E-state index contributed by atoms with van der Waals surface area (Å²) in [5.74, 6) is 0. The Bertz CT molecular complexity index is 46.3. The highest BCUT2D eigenvalue weighted by Gasteiger charge is 1.92. The van der Waals surface area contributed by atoms with Gasteiger partial charge in [0.05, 0.1) is 0 Å². The predicted molar refractivity (Wildman–Crippen MR) is 47.2 cm³/mol. The minimum atomic E-state index is 0. The average Bonchev–Trinajstić information content (AvgIpc) is 1.83. The zero-order valence-corrected chi connectivity index (χ0v) is 7.97. The molecule has 0 bridgehead atoms. The van der Waals surface area contributed by atoms with Crippen LogP contribution in [0.3, 0.4) is 0 Å². The molecule has 0 aromatic carbocycles. The predicted octanol–water partition coefficient (Wildman–Crippen LogP) is 0.865. The maximum atomic E-state index is 5.34. The van der Waals surface area contributed by atoms with Crippen molar-refractivity contribution in [2.24, 2.45) is 5.73 Å². The molecule has 2 N–H and O–H groups in total. The lowest BCUT2D eigenvalue weighted by Crippen LogP contribution is -2.28. The van der Waals surface area contributed by atoms with E-state index in [-0.39, 0.29) is 17.0 Å². The number of halogens is 1. The van der Waals surface area contributed by atoms with Crippen molar-refractivity contribution in [1.82, 2.24) is 4.90 Å². The summed E-state index contributed by atoms with van der Waals surface area (Å²) < 4.78 is 0. The summed E-state index contributed by atoms with van der Waals surface area (Å²) in [4.78, 5) is 2.31. The Morgan fingerprint density at radius 2 is 1.67 bits per heavy atom. The first kappa shape index (κ1) is 12.1. The van der Waals surface area contributed by atoms with Crippen LogP contribution in [0.5, 0.6) is 0 Å². The molecule has 0 atom stereocenters. The van der Waals surface area contributed by atoms with E-state index >= 15 is 0 Å². The van der Waals surface area contributed by atoms with Crippen molar-refractivity contribution in [3.05, 3.63) is 0 Å². The molecule has 0 heterocycles. The van der Waals surface area contributed by atoms with Crippen molar-refractivity contribution in [1.29, 1.82) is 0 Å². The second-order valence-electron chi connectivity index (χ2n) is 1.82. The standard InChI is InChI=1S/C6H16N2.BrH/c1-3-8(4-2)6-5-7;/h3-7H2,1-2H3;1H. The van der Waals surface area contributed by atoms with Gasteiger partial charge in [0.25, 0.3) is 0 Å². The van der Waals surface area contributed by atoms with Crippen LogP contribution in [0.1, 0.15) is 13.8 Å². The first-order valence-corrected chi connectivity index (χ1v) is 3.27. The Hall–Kier alpha value is 0.400. The molecule has 0 amide bonds. The van der Waals surface area contributed by atoms with Crippen molar-refractivity contribution in [3.8, 4) is 0 Å². The highest BCUT2D eigenvalue weighted by molar-refractivity contribution is 8.93. The largest absolute Gasteiger partial charge is 0.329 e. The van der Waals surface area contributed by atoms with Gasteiger partial charge in [-0.1, -0.05) is 13.8 Å². The van der Waals surface area contributed by atoms with Gasteiger partial charge in [0.2, 0.25) is 0 Å². The molecule has 2 nitrogen and oxygen atoms in total. The molecule has 0 saturated heterocycles. The Balaban J connectivity index is 0. The Morgan fingerprint density at radius 3 is 1.78 bits per heavy atom. The normalized spacial score (nSPS) is 9.33. The van der Waals surface area contributed by atoms with Gasteiger partial charge in [-0.25, -0.2) is 0 Å². The monoisotopic (exact) mass is 196 g/mol. The zero-order chi connectivity index (χ0) is 6.41. The van der Waals surface area contributed by atoms with Crippen molar-refractivity contribution >= 4 is 17.0 Å². The Labute approximate surface area is 68.2 Å². The van der Waals surface area contributed by atoms with E-state index in [2.05, 4.69) is 18.7 Å². The third kappa shape index (κ3) is 6.28. The van der Waals surface area contributed by atoms with E-state index in [1.165, 1.54) is 0 Å². The van der Waals surface area contributed by atoms with Gasteiger partial charge in [-0.05, 0) is 13.1 Å². The van der Waals surface area contributed by atoms with Gasteiger partial charge in [0, 0.05) is 13.1 Å². The third-order valence-electron chi connectivity index (χ3n) is 1.34. The molecule has 0 aliphatic rings. The first-order valence-electron chi connectivity index (χ1n) is 3.27. The van der Waals surface area contributed by atoms with Gasteiger partial charge >= 0.3 is 0 Å². The molecular formula is C6H17BrN2. The van der Waals surface area contributed by atoms with Crippen molar-refractivity contribution in [2.75, 3.05) is 26.2 Å². The summed E-state index contributed by atoms with van der Waals surface area (Å²) in [6.07, 6.45) is 0. The van der Waals surface area contributed by atoms with E-state index in [1.54, 1.807) is 0 Å². The van der Waals surface area contributed by atoms with Crippen LogP contribution in [0.4, 0.5) is 0 Å². The number of likely N-dealkylation sites (N-methyl/N-ethyl adjacent to an activating group) is 1. The smallest absolute Gasteiger partial charge is 0.0104 e. The lowest BCUT2D eigenvalue weighted by Gasteiger charge is -2.15. The zero-order valence-electron chi connectivity index (χ0n) is 6.26. The second-order valence-corrected chi connectivity index (χ2v) is 1.82. The number of hydrogen-bond donors (Lipinski definition) is 1. The Kier molecular flexibility index (Phi) is 11.3. The summed E-state index contributed by atoms with van der Waals surface area (Å²) in [7, 11) is 0. The van der Waals surface area contributed by atoms with Crippen LogP contribution in [-0.2, 0) is 0 Å². The van der Waals surface area contributed by atoms with E-state index in [9.17, 15) is 0 Å². The van der Waals surface area contributed by atoms with Crippen LogP contribution in [0.15, 0.2) is 0 Å². The molecular weight excluding hydrogens is 180 g/mol. The minimum absolute atomic E-state index is 0. The molecule has 0 saturated carbocycles. The lowest BCUT2D eigenvalue weighted by molar-refractivity contribution is 0.312. The van der Waals surface area contributed by atoms with Crippen LogP contribution >= 0.6 is 17.0 Å². The van der Waals surface area contributed by atoms with Gasteiger partial charge in [0.1, 0.15) is 0 Å². The summed E-state index contributed by atoms with van der Waals surface area (Å²) >= 11 is 0. The molecule has 0 aliphatic carbocycles. The van der Waals surface area contributed by atoms with E-state index < -0.39 is 0 Å². The molecule has 0 aliphatic heterocycles. The molecule has 58 valence electrons. The molecule has 0 spiro atoms. The fraction of sp³-hybridized carbons (Fsp3) is 1.00.